The van der Waals surface area contributed by atoms with E-state index in [0.717, 1.165) is 34.9 Å². The molecule has 7 nitrogen and oxygen atoms in total. The van der Waals surface area contributed by atoms with E-state index in [1.165, 1.54) is 18.2 Å². The maximum absolute atomic E-state index is 12.2. The van der Waals surface area contributed by atoms with Crippen LogP contribution in [0.3, 0.4) is 0 Å². The molecule has 3 aromatic carbocycles. The van der Waals surface area contributed by atoms with Crippen molar-refractivity contribution in [1.29, 1.82) is 0 Å². The van der Waals surface area contributed by atoms with Crippen molar-refractivity contribution in [1.82, 2.24) is 5.39 Å². The van der Waals surface area contributed by atoms with E-state index in [1.807, 2.05) is 18.2 Å². The number of carbonyl (C=O) groups excluding carboxylic acids is 3. The number of hydrogen-bond donors (Lipinski definition) is 0. The maximum Gasteiger partial charge on any atom is 0.357 e. The molecule has 0 saturated heterocycles. The average molecular weight is 455 g/mol. The predicted molar refractivity (Wildman–Crippen MR) is 127 cm³/mol. The van der Waals surface area contributed by atoms with Crippen LogP contribution in [0, 0.1) is 0 Å². The molecule has 170 valence electrons. The van der Waals surface area contributed by atoms with Gasteiger partial charge in [-0.05, 0) is 34.9 Å². The average Bonchev–Trinajstić information content (AvgIpc) is 2.87. The summed E-state index contributed by atoms with van der Waals surface area (Å²) in [5, 5.41) is 0.0764. The molecule has 0 aliphatic heterocycles. The molecule has 0 aromatic heterocycles. The Bertz CT molecular complexity index is 1020. The molecule has 0 aliphatic carbocycles. The summed E-state index contributed by atoms with van der Waals surface area (Å²) in [6.07, 6.45) is 7.79. The summed E-state index contributed by atoms with van der Waals surface area (Å²) in [5.41, 5.74) is 2.24. The molecule has 0 atom stereocenters. The highest BCUT2D eigenvalue weighted by Crippen LogP contribution is 2.07. The fourth-order valence-electron chi connectivity index (χ4n) is 2.55. The van der Waals surface area contributed by atoms with Gasteiger partial charge in [0.15, 0.2) is 0 Å². The molecule has 0 amide bonds. The van der Waals surface area contributed by atoms with Crippen LogP contribution in [-0.2, 0) is 28.9 Å². The largest absolute Gasteiger partial charge is 0.357 e. The van der Waals surface area contributed by atoms with Crippen molar-refractivity contribution < 1.29 is 28.9 Å². The van der Waals surface area contributed by atoms with E-state index in [4.69, 9.17) is 14.5 Å². The van der Waals surface area contributed by atoms with Crippen molar-refractivity contribution in [2.24, 2.45) is 0 Å². The lowest BCUT2D eigenvalue weighted by Gasteiger charge is -2.14. The fraction of sp³-hybridized carbons (Fsp3) is 0. The van der Waals surface area contributed by atoms with Gasteiger partial charge in [-0.15, -0.1) is 0 Å². The Morgan fingerprint density at radius 1 is 0.471 bits per heavy atom. The Hall–Kier alpha value is -4.75. The molecule has 7 heteroatoms. The molecule has 3 aromatic rings. The minimum Gasteiger partial charge on any atom is -0.296 e. The summed E-state index contributed by atoms with van der Waals surface area (Å²) in [6, 6.07) is 27.0. The second-order valence-electron chi connectivity index (χ2n) is 6.69. The second kappa shape index (κ2) is 12.9. The summed E-state index contributed by atoms with van der Waals surface area (Å²) in [7, 11) is 0. The number of rotatable bonds is 9. The standard InChI is InChI=1S/C27H21NO6/c29-25(19-16-22-10-4-1-5-11-22)32-28(33-26(30)20-17-23-12-6-2-7-13-23)34-27(31)21-18-24-14-8-3-9-15-24/h1-21H. The third kappa shape index (κ3) is 8.78. The third-order valence-corrected chi connectivity index (χ3v) is 4.13. The summed E-state index contributed by atoms with van der Waals surface area (Å²) in [4.78, 5) is 51.2. The van der Waals surface area contributed by atoms with Crippen LogP contribution in [0.5, 0.6) is 0 Å². The first-order valence-electron chi connectivity index (χ1n) is 10.2. The van der Waals surface area contributed by atoms with Crippen molar-refractivity contribution >= 4 is 36.1 Å². The van der Waals surface area contributed by atoms with Crippen LogP contribution >= 0.6 is 0 Å². The van der Waals surface area contributed by atoms with Gasteiger partial charge in [-0.25, -0.2) is 14.4 Å². The zero-order valence-corrected chi connectivity index (χ0v) is 18.0. The van der Waals surface area contributed by atoms with Crippen LogP contribution in [0.1, 0.15) is 16.7 Å². The van der Waals surface area contributed by atoms with E-state index >= 15 is 0 Å². The lowest BCUT2D eigenvalue weighted by atomic mass is 10.2. The second-order valence-corrected chi connectivity index (χ2v) is 6.69. The van der Waals surface area contributed by atoms with E-state index in [0.29, 0.717) is 0 Å². The molecule has 0 bridgehead atoms. The van der Waals surface area contributed by atoms with Gasteiger partial charge in [-0.1, -0.05) is 91.0 Å². The van der Waals surface area contributed by atoms with Crippen LogP contribution in [-0.4, -0.2) is 23.3 Å². The number of hydrogen-bond acceptors (Lipinski definition) is 7. The monoisotopic (exact) mass is 455 g/mol. The molecule has 0 fully saturated rings. The molecule has 0 saturated carbocycles. The van der Waals surface area contributed by atoms with Crippen LogP contribution in [0.25, 0.3) is 18.2 Å². The predicted octanol–water partition coefficient (Wildman–Crippen LogP) is 4.80. The molecule has 0 N–H and O–H groups in total. The van der Waals surface area contributed by atoms with Gasteiger partial charge in [0, 0.05) is 18.2 Å². The van der Waals surface area contributed by atoms with E-state index in [-0.39, 0.29) is 5.39 Å². The molecule has 0 heterocycles. The van der Waals surface area contributed by atoms with Gasteiger partial charge in [0.1, 0.15) is 0 Å². The molecule has 0 unspecified atom stereocenters. The minimum absolute atomic E-state index is 0.0764. The van der Waals surface area contributed by atoms with Crippen molar-refractivity contribution in [3.05, 3.63) is 126 Å². The van der Waals surface area contributed by atoms with E-state index < -0.39 is 17.9 Å². The topological polar surface area (TPSA) is 82.1 Å². The lowest BCUT2D eigenvalue weighted by molar-refractivity contribution is -0.460. The van der Waals surface area contributed by atoms with Gasteiger partial charge in [0.25, 0.3) is 0 Å². The fourth-order valence-corrected chi connectivity index (χ4v) is 2.55. The first-order valence-corrected chi connectivity index (χ1v) is 10.2. The van der Waals surface area contributed by atoms with Crippen LogP contribution < -0.4 is 0 Å². The minimum atomic E-state index is -0.927. The molecular weight excluding hydrogens is 434 g/mol. The zero-order chi connectivity index (χ0) is 24.0. The van der Waals surface area contributed by atoms with Gasteiger partial charge < -0.3 is 0 Å². The lowest BCUT2D eigenvalue weighted by Crippen LogP contribution is -2.31. The summed E-state index contributed by atoms with van der Waals surface area (Å²) in [6.45, 7) is 0. The first kappa shape index (κ1) is 23.9. The summed E-state index contributed by atoms with van der Waals surface area (Å²) in [5.74, 6) is -2.78. The van der Waals surface area contributed by atoms with E-state index in [9.17, 15) is 14.4 Å². The molecule has 0 radical (unpaired) electrons. The number of nitrogens with zero attached hydrogens (tertiary/aromatic N) is 1. The van der Waals surface area contributed by atoms with Crippen molar-refractivity contribution in [3.8, 4) is 0 Å². The Morgan fingerprint density at radius 2 is 0.735 bits per heavy atom. The van der Waals surface area contributed by atoms with Crippen LogP contribution in [0.4, 0.5) is 0 Å². The summed E-state index contributed by atoms with van der Waals surface area (Å²) >= 11 is 0. The molecule has 0 spiro atoms. The van der Waals surface area contributed by atoms with E-state index in [1.54, 1.807) is 72.8 Å². The quantitative estimate of drug-likeness (QED) is 0.338. The van der Waals surface area contributed by atoms with Crippen LogP contribution in [0.2, 0.25) is 0 Å². The van der Waals surface area contributed by atoms with Crippen molar-refractivity contribution in [2.75, 3.05) is 0 Å². The highest BCUT2D eigenvalue weighted by Gasteiger charge is 2.19. The normalized spacial score (nSPS) is 11.2. The number of benzene rings is 3. The molecule has 3 rings (SSSR count). The van der Waals surface area contributed by atoms with Gasteiger partial charge in [0.05, 0.1) is 0 Å². The smallest absolute Gasteiger partial charge is 0.296 e. The van der Waals surface area contributed by atoms with Crippen LogP contribution in [0.15, 0.2) is 109 Å². The van der Waals surface area contributed by atoms with E-state index in [2.05, 4.69) is 0 Å². The third-order valence-electron chi connectivity index (χ3n) is 4.13. The Balaban J connectivity index is 1.65. The van der Waals surface area contributed by atoms with Gasteiger partial charge >= 0.3 is 17.9 Å². The highest BCUT2D eigenvalue weighted by molar-refractivity contribution is 5.89. The Morgan fingerprint density at radius 3 is 1.00 bits per heavy atom. The van der Waals surface area contributed by atoms with Gasteiger partial charge in [-0.3, -0.25) is 14.5 Å². The molecule has 34 heavy (non-hydrogen) atoms. The number of carbonyl (C=O) groups is 3. The zero-order valence-electron chi connectivity index (χ0n) is 18.0. The summed E-state index contributed by atoms with van der Waals surface area (Å²) < 4.78 is 0. The Kier molecular flexibility index (Phi) is 9.10. The van der Waals surface area contributed by atoms with Gasteiger partial charge in [-0.2, -0.15) is 0 Å². The van der Waals surface area contributed by atoms with Crippen molar-refractivity contribution in [2.45, 2.75) is 0 Å². The molecule has 0 aliphatic rings. The Labute approximate surface area is 196 Å². The van der Waals surface area contributed by atoms with Gasteiger partial charge in [0.2, 0.25) is 5.39 Å². The van der Waals surface area contributed by atoms with Crippen molar-refractivity contribution in [3.63, 3.8) is 0 Å². The molecular formula is C27H21NO6. The maximum atomic E-state index is 12.2. The SMILES string of the molecule is O=C(C=Cc1ccccc1)ON(OC(=O)C=Cc1ccccc1)OC(=O)C=Cc1ccccc1. The first-order chi connectivity index (χ1) is 16.6. The highest BCUT2D eigenvalue weighted by atomic mass is 17.2.